The first-order chi connectivity index (χ1) is 11.1. The first-order valence-electron chi connectivity index (χ1n) is 7.52. The Bertz CT molecular complexity index is 644. The van der Waals surface area contributed by atoms with E-state index in [2.05, 4.69) is 5.32 Å². The zero-order valence-corrected chi connectivity index (χ0v) is 14.2. The van der Waals surface area contributed by atoms with E-state index in [1.165, 1.54) is 0 Å². The number of quaternary nitrogens is 1. The number of hydrogen-bond donors (Lipinski definition) is 2. The minimum absolute atomic E-state index is 0.0281. The summed E-state index contributed by atoms with van der Waals surface area (Å²) in [7, 11) is 3.65. The fourth-order valence-corrected chi connectivity index (χ4v) is 2.46. The molecule has 0 aliphatic carbocycles. The molecule has 2 aromatic carbocycles. The molecule has 0 spiro atoms. The van der Waals surface area contributed by atoms with Gasteiger partial charge in [0, 0.05) is 17.1 Å². The Morgan fingerprint density at radius 2 is 1.91 bits per heavy atom. The van der Waals surface area contributed by atoms with Crippen LogP contribution in [0.25, 0.3) is 0 Å². The van der Waals surface area contributed by atoms with Gasteiger partial charge in [0.1, 0.15) is 12.3 Å². The van der Waals surface area contributed by atoms with E-state index in [1.54, 1.807) is 7.11 Å². The SMILES string of the molecule is COc1cccc(C[NH+](C)CC(=O)NCc2ccc(Cl)cc2)c1. The summed E-state index contributed by atoms with van der Waals surface area (Å²) in [6.45, 7) is 1.71. The number of halogens is 1. The second kappa shape index (κ2) is 8.56. The average Bonchev–Trinajstić information content (AvgIpc) is 2.54. The number of carbonyl (C=O) groups excluding carboxylic acids is 1. The Balaban J connectivity index is 1.78. The van der Waals surface area contributed by atoms with Crippen LogP contribution in [0.1, 0.15) is 11.1 Å². The van der Waals surface area contributed by atoms with Gasteiger partial charge >= 0.3 is 0 Å². The monoisotopic (exact) mass is 333 g/mol. The van der Waals surface area contributed by atoms with Crippen molar-refractivity contribution in [1.29, 1.82) is 0 Å². The number of rotatable bonds is 7. The van der Waals surface area contributed by atoms with E-state index in [-0.39, 0.29) is 5.91 Å². The summed E-state index contributed by atoms with van der Waals surface area (Å²) in [5, 5.41) is 3.63. The van der Waals surface area contributed by atoms with Gasteiger partial charge < -0.3 is 15.0 Å². The fourth-order valence-electron chi connectivity index (χ4n) is 2.33. The number of carbonyl (C=O) groups is 1. The molecule has 5 heteroatoms. The van der Waals surface area contributed by atoms with E-state index in [1.807, 2.05) is 55.6 Å². The zero-order valence-electron chi connectivity index (χ0n) is 13.4. The van der Waals surface area contributed by atoms with Gasteiger partial charge in [-0.1, -0.05) is 35.9 Å². The number of ether oxygens (including phenoxy) is 1. The summed E-state index contributed by atoms with van der Waals surface area (Å²) in [6, 6.07) is 15.4. The van der Waals surface area contributed by atoms with Crippen molar-refractivity contribution in [3.05, 3.63) is 64.7 Å². The van der Waals surface area contributed by atoms with E-state index in [0.717, 1.165) is 28.3 Å². The second-order valence-corrected chi connectivity index (χ2v) is 6.00. The van der Waals surface area contributed by atoms with Crippen LogP contribution in [0, 0.1) is 0 Å². The maximum absolute atomic E-state index is 12.0. The molecule has 0 radical (unpaired) electrons. The molecule has 0 saturated heterocycles. The summed E-state index contributed by atoms with van der Waals surface area (Å²) in [5.41, 5.74) is 2.18. The number of methoxy groups -OCH3 is 1. The van der Waals surface area contributed by atoms with Gasteiger partial charge in [0.05, 0.1) is 14.2 Å². The summed E-state index contributed by atoms with van der Waals surface area (Å²) >= 11 is 5.84. The molecule has 2 N–H and O–H groups in total. The maximum Gasteiger partial charge on any atom is 0.275 e. The third-order valence-corrected chi connectivity index (χ3v) is 3.76. The Labute approximate surface area is 142 Å². The van der Waals surface area contributed by atoms with Gasteiger partial charge in [0.25, 0.3) is 5.91 Å². The lowest BCUT2D eigenvalue weighted by molar-refractivity contribution is -0.885. The molecule has 122 valence electrons. The smallest absolute Gasteiger partial charge is 0.275 e. The lowest BCUT2D eigenvalue weighted by Crippen LogP contribution is -3.08. The molecule has 2 rings (SSSR count). The van der Waals surface area contributed by atoms with Crippen molar-refractivity contribution >= 4 is 17.5 Å². The third kappa shape index (κ3) is 5.93. The van der Waals surface area contributed by atoms with Gasteiger partial charge in [-0.15, -0.1) is 0 Å². The molecule has 1 amide bonds. The van der Waals surface area contributed by atoms with Crippen LogP contribution in [-0.2, 0) is 17.9 Å². The Kier molecular flexibility index (Phi) is 6.44. The van der Waals surface area contributed by atoms with Crippen molar-refractivity contribution in [2.75, 3.05) is 20.7 Å². The van der Waals surface area contributed by atoms with Crippen molar-refractivity contribution in [3.8, 4) is 5.75 Å². The van der Waals surface area contributed by atoms with Crippen LogP contribution in [0.4, 0.5) is 0 Å². The van der Waals surface area contributed by atoms with Gasteiger partial charge in [0.2, 0.25) is 0 Å². The number of benzene rings is 2. The molecule has 0 fully saturated rings. The minimum atomic E-state index is 0.0281. The first kappa shape index (κ1) is 17.3. The average molecular weight is 334 g/mol. The quantitative estimate of drug-likeness (QED) is 0.809. The zero-order chi connectivity index (χ0) is 16.7. The number of likely N-dealkylation sites (N-methyl/N-ethyl adjacent to an activating group) is 1. The van der Waals surface area contributed by atoms with Gasteiger partial charge in [-0.05, 0) is 29.8 Å². The van der Waals surface area contributed by atoms with E-state index < -0.39 is 0 Å². The number of amides is 1. The van der Waals surface area contributed by atoms with Crippen molar-refractivity contribution in [3.63, 3.8) is 0 Å². The molecule has 0 saturated carbocycles. The highest BCUT2D eigenvalue weighted by molar-refractivity contribution is 6.30. The second-order valence-electron chi connectivity index (χ2n) is 5.57. The normalized spacial score (nSPS) is 11.8. The summed E-state index contributed by atoms with van der Waals surface area (Å²) in [4.78, 5) is 13.1. The molecule has 0 aromatic heterocycles. The molecule has 0 aliphatic rings. The topological polar surface area (TPSA) is 42.8 Å². The highest BCUT2D eigenvalue weighted by atomic mass is 35.5. The standard InChI is InChI=1S/C18H21ClN2O2/c1-21(12-15-4-3-5-17(10-15)23-2)13-18(22)20-11-14-6-8-16(19)9-7-14/h3-10H,11-13H2,1-2H3,(H,20,22)/p+1. The molecular weight excluding hydrogens is 312 g/mol. The molecule has 2 aromatic rings. The van der Waals surface area contributed by atoms with E-state index in [4.69, 9.17) is 16.3 Å². The molecule has 4 nitrogen and oxygen atoms in total. The fraction of sp³-hybridized carbons (Fsp3) is 0.278. The first-order valence-corrected chi connectivity index (χ1v) is 7.90. The van der Waals surface area contributed by atoms with Crippen molar-refractivity contribution < 1.29 is 14.4 Å². The maximum atomic E-state index is 12.0. The van der Waals surface area contributed by atoms with Crippen LogP contribution < -0.4 is 15.0 Å². The molecule has 0 aliphatic heterocycles. The highest BCUT2D eigenvalue weighted by Gasteiger charge is 2.10. The number of nitrogens with one attached hydrogen (secondary N) is 2. The van der Waals surface area contributed by atoms with Gasteiger partial charge in [0.15, 0.2) is 6.54 Å². The van der Waals surface area contributed by atoms with Crippen LogP contribution in [0.3, 0.4) is 0 Å². The largest absolute Gasteiger partial charge is 0.497 e. The van der Waals surface area contributed by atoms with E-state index in [0.29, 0.717) is 18.1 Å². The Morgan fingerprint density at radius 3 is 2.61 bits per heavy atom. The van der Waals surface area contributed by atoms with Gasteiger partial charge in [-0.3, -0.25) is 4.79 Å². The summed E-state index contributed by atoms with van der Waals surface area (Å²) in [6.07, 6.45) is 0. The molecule has 1 atom stereocenters. The van der Waals surface area contributed by atoms with Crippen LogP contribution in [-0.4, -0.2) is 26.6 Å². The predicted molar refractivity (Wildman–Crippen MR) is 91.8 cm³/mol. The van der Waals surface area contributed by atoms with Crippen molar-refractivity contribution in [2.24, 2.45) is 0 Å². The summed E-state index contributed by atoms with van der Waals surface area (Å²) < 4.78 is 5.22. The Morgan fingerprint density at radius 1 is 1.17 bits per heavy atom. The van der Waals surface area contributed by atoms with E-state index >= 15 is 0 Å². The number of hydrogen-bond acceptors (Lipinski definition) is 2. The minimum Gasteiger partial charge on any atom is -0.497 e. The lowest BCUT2D eigenvalue weighted by atomic mass is 10.2. The molecule has 0 bridgehead atoms. The molecular formula is C18H22ClN2O2+. The molecule has 23 heavy (non-hydrogen) atoms. The van der Waals surface area contributed by atoms with Crippen molar-refractivity contribution in [1.82, 2.24) is 5.32 Å². The van der Waals surface area contributed by atoms with Gasteiger partial charge in [-0.2, -0.15) is 0 Å². The van der Waals surface area contributed by atoms with Crippen LogP contribution >= 0.6 is 11.6 Å². The van der Waals surface area contributed by atoms with Crippen molar-refractivity contribution in [2.45, 2.75) is 13.1 Å². The van der Waals surface area contributed by atoms with Crippen LogP contribution in [0.5, 0.6) is 5.75 Å². The van der Waals surface area contributed by atoms with Crippen LogP contribution in [0.15, 0.2) is 48.5 Å². The molecule has 0 heterocycles. The predicted octanol–water partition coefficient (Wildman–Crippen LogP) is 1.68. The van der Waals surface area contributed by atoms with Gasteiger partial charge in [-0.25, -0.2) is 0 Å². The molecule has 1 unspecified atom stereocenters. The Hall–Kier alpha value is -2.04. The third-order valence-electron chi connectivity index (χ3n) is 3.51. The highest BCUT2D eigenvalue weighted by Crippen LogP contribution is 2.11. The lowest BCUT2D eigenvalue weighted by Gasteiger charge is -2.14. The van der Waals surface area contributed by atoms with E-state index in [9.17, 15) is 4.79 Å². The van der Waals surface area contributed by atoms with Crippen LogP contribution in [0.2, 0.25) is 5.02 Å². The summed E-state index contributed by atoms with van der Waals surface area (Å²) in [5.74, 6) is 0.864.